The van der Waals surface area contributed by atoms with Crippen molar-refractivity contribution in [2.24, 2.45) is 0 Å². The van der Waals surface area contributed by atoms with Gasteiger partial charge in [0.25, 0.3) is 0 Å². The second-order valence-electron chi connectivity index (χ2n) is 4.37. The largest absolute Gasteiger partial charge is 0.337 e. The monoisotopic (exact) mass is 241 g/mol. The van der Waals surface area contributed by atoms with Crippen molar-refractivity contribution in [1.29, 1.82) is 0 Å². The number of hydrogen-bond acceptors (Lipinski definition) is 2. The number of aromatic nitrogens is 3. The van der Waals surface area contributed by atoms with Crippen molar-refractivity contribution in [3.8, 4) is 11.4 Å². The van der Waals surface area contributed by atoms with E-state index in [1.54, 1.807) is 19.1 Å². The molecule has 4 heteroatoms. The summed E-state index contributed by atoms with van der Waals surface area (Å²) in [6, 6.07) is 8.83. The molecule has 0 aliphatic rings. The number of hydrogen-bond donors (Lipinski definition) is 1. The van der Waals surface area contributed by atoms with E-state index in [2.05, 4.69) is 15.0 Å². The van der Waals surface area contributed by atoms with Crippen molar-refractivity contribution in [2.45, 2.75) is 13.8 Å². The molecule has 0 bridgehead atoms. The Morgan fingerprint density at radius 1 is 1.06 bits per heavy atom. The SMILES string of the molecule is Cc1ccc2[nH]c(-c3ccc(F)c(C)c3)nc2n1. The lowest BCUT2D eigenvalue weighted by atomic mass is 10.1. The molecule has 1 aromatic carbocycles. The summed E-state index contributed by atoms with van der Waals surface area (Å²) in [7, 11) is 0. The maximum absolute atomic E-state index is 13.2. The molecule has 0 atom stereocenters. The number of aromatic amines is 1. The zero-order valence-electron chi connectivity index (χ0n) is 10.2. The fraction of sp³-hybridized carbons (Fsp3) is 0.143. The first-order chi connectivity index (χ1) is 8.63. The van der Waals surface area contributed by atoms with E-state index in [0.29, 0.717) is 17.0 Å². The molecular formula is C14H12FN3. The van der Waals surface area contributed by atoms with E-state index in [-0.39, 0.29) is 5.82 Å². The van der Waals surface area contributed by atoms with E-state index in [4.69, 9.17) is 0 Å². The van der Waals surface area contributed by atoms with E-state index in [1.807, 2.05) is 19.1 Å². The minimum Gasteiger partial charge on any atom is -0.337 e. The molecule has 0 aliphatic heterocycles. The van der Waals surface area contributed by atoms with Crippen LogP contribution in [-0.2, 0) is 0 Å². The van der Waals surface area contributed by atoms with E-state index in [1.165, 1.54) is 6.07 Å². The van der Waals surface area contributed by atoms with Crippen molar-refractivity contribution < 1.29 is 4.39 Å². The van der Waals surface area contributed by atoms with Crippen LogP contribution in [0.3, 0.4) is 0 Å². The molecule has 0 radical (unpaired) electrons. The van der Waals surface area contributed by atoms with Gasteiger partial charge in [0.05, 0.1) is 5.52 Å². The molecule has 2 heterocycles. The van der Waals surface area contributed by atoms with E-state index >= 15 is 0 Å². The van der Waals surface area contributed by atoms with Crippen molar-refractivity contribution in [3.05, 3.63) is 47.4 Å². The maximum atomic E-state index is 13.2. The van der Waals surface area contributed by atoms with Crippen LogP contribution in [0.1, 0.15) is 11.3 Å². The third kappa shape index (κ3) is 1.76. The maximum Gasteiger partial charge on any atom is 0.178 e. The normalized spacial score (nSPS) is 11.1. The number of rotatable bonds is 1. The fourth-order valence-corrected chi connectivity index (χ4v) is 1.92. The van der Waals surface area contributed by atoms with Crippen molar-refractivity contribution >= 4 is 11.2 Å². The average molecular weight is 241 g/mol. The van der Waals surface area contributed by atoms with Gasteiger partial charge in [-0.2, -0.15) is 0 Å². The average Bonchev–Trinajstić information content (AvgIpc) is 2.75. The number of nitrogens with one attached hydrogen (secondary N) is 1. The van der Waals surface area contributed by atoms with Crippen LogP contribution >= 0.6 is 0 Å². The van der Waals surface area contributed by atoms with Crippen LogP contribution in [0.4, 0.5) is 4.39 Å². The van der Waals surface area contributed by atoms with Gasteiger partial charge in [-0.05, 0) is 49.7 Å². The topological polar surface area (TPSA) is 41.6 Å². The van der Waals surface area contributed by atoms with E-state index < -0.39 is 0 Å². The van der Waals surface area contributed by atoms with E-state index in [9.17, 15) is 4.39 Å². The van der Waals surface area contributed by atoms with Gasteiger partial charge in [-0.25, -0.2) is 14.4 Å². The number of pyridine rings is 1. The van der Waals surface area contributed by atoms with Gasteiger partial charge in [0.1, 0.15) is 11.6 Å². The molecule has 18 heavy (non-hydrogen) atoms. The lowest BCUT2D eigenvalue weighted by Crippen LogP contribution is -1.85. The smallest absolute Gasteiger partial charge is 0.178 e. The molecule has 0 aliphatic carbocycles. The Labute approximate surface area is 104 Å². The third-order valence-corrected chi connectivity index (χ3v) is 2.92. The first-order valence-electron chi connectivity index (χ1n) is 5.73. The molecular weight excluding hydrogens is 229 g/mol. The molecule has 0 amide bonds. The van der Waals surface area contributed by atoms with Crippen molar-refractivity contribution in [1.82, 2.24) is 15.0 Å². The van der Waals surface area contributed by atoms with Crippen molar-refractivity contribution in [2.75, 3.05) is 0 Å². The highest BCUT2D eigenvalue weighted by Crippen LogP contribution is 2.21. The van der Waals surface area contributed by atoms with Gasteiger partial charge >= 0.3 is 0 Å². The predicted octanol–water partition coefficient (Wildman–Crippen LogP) is 3.38. The first-order valence-corrected chi connectivity index (χ1v) is 5.73. The van der Waals surface area contributed by atoms with Gasteiger partial charge < -0.3 is 4.98 Å². The van der Waals surface area contributed by atoms with Gasteiger partial charge in [-0.15, -0.1) is 0 Å². The highest BCUT2D eigenvalue weighted by atomic mass is 19.1. The summed E-state index contributed by atoms with van der Waals surface area (Å²) in [6.45, 7) is 3.67. The lowest BCUT2D eigenvalue weighted by molar-refractivity contribution is 0.618. The number of aryl methyl sites for hydroxylation is 2. The molecule has 0 fully saturated rings. The summed E-state index contributed by atoms with van der Waals surface area (Å²) in [6.07, 6.45) is 0. The van der Waals surface area contributed by atoms with Gasteiger partial charge in [0.15, 0.2) is 5.65 Å². The molecule has 1 N–H and O–H groups in total. The summed E-state index contributed by atoms with van der Waals surface area (Å²) >= 11 is 0. The zero-order chi connectivity index (χ0) is 12.7. The van der Waals surface area contributed by atoms with Crippen LogP contribution in [0.2, 0.25) is 0 Å². The van der Waals surface area contributed by atoms with Gasteiger partial charge in [-0.1, -0.05) is 0 Å². The van der Waals surface area contributed by atoms with Crippen LogP contribution in [0.15, 0.2) is 30.3 Å². The zero-order valence-corrected chi connectivity index (χ0v) is 10.2. The molecule has 3 nitrogen and oxygen atoms in total. The predicted molar refractivity (Wildman–Crippen MR) is 68.8 cm³/mol. The molecule has 0 spiro atoms. The lowest BCUT2D eigenvalue weighted by Gasteiger charge is -1.99. The van der Waals surface area contributed by atoms with Crippen LogP contribution in [-0.4, -0.2) is 15.0 Å². The van der Waals surface area contributed by atoms with Gasteiger partial charge in [-0.3, -0.25) is 0 Å². The molecule has 3 rings (SSSR count). The quantitative estimate of drug-likeness (QED) is 0.709. The molecule has 0 saturated carbocycles. The minimum absolute atomic E-state index is 0.205. The fourth-order valence-electron chi connectivity index (χ4n) is 1.92. The molecule has 2 aromatic heterocycles. The number of H-pyrrole nitrogens is 1. The second kappa shape index (κ2) is 3.91. The Hall–Kier alpha value is -2.23. The summed E-state index contributed by atoms with van der Waals surface area (Å²) in [5.74, 6) is 0.509. The molecule has 3 aromatic rings. The van der Waals surface area contributed by atoms with Gasteiger partial charge in [0.2, 0.25) is 0 Å². The van der Waals surface area contributed by atoms with Crippen LogP contribution in [0, 0.1) is 19.7 Å². The Kier molecular flexibility index (Phi) is 2.37. The number of benzene rings is 1. The second-order valence-corrected chi connectivity index (χ2v) is 4.37. The molecule has 0 unspecified atom stereocenters. The van der Waals surface area contributed by atoms with Gasteiger partial charge in [0, 0.05) is 11.3 Å². The number of halogens is 1. The Morgan fingerprint density at radius 3 is 2.67 bits per heavy atom. The third-order valence-electron chi connectivity index (χ3n) is 2.92. The standard InChI is InChI=1S/C14H12FN3/c1-8-7-10(4-5-11(8)15)13-17-12-6-3-9(2)16-14(12)18-13/h3-7H,1-2H3,(H,16,17,18). The number of nitrogens with zero attached hydrogens (tertiary/aromatic N) is 2. The summed E-state index contributed by atoms with van der Waals surface area (Å²) in [4.78, 5) is 12.0. The summed E-state index contributed by atoms with van der Waals surface area (Å²) in [5, 5.41) is 0. The number of fused-ring (bicyclic) bond motifs is 1. The van der Waals surface area contributed by atoms with Crippen molar-refractivity contribution in [3.63, 3.8) is 0 Å². The van der Waals surface area contributed by atoms with Crippen LogP contribution in [0.25, 0.3) is 22.6 Å². The van der Waals surface area contributed by atoms with Crippen LogP contribution < -0.4 is 0 Å². The Bertz CT molecular complexity index is 731. The number of imidazole rings is 1. The summed E-state index contributed by atoms with van der Waals surface area (Å²) in [5.41, 5.74) is 3.97. The highest BCUT2D eigenvalue weighted by molar-refractivity contribution is 5.76. The summed E-state index contributed by atoms with van der Waals surface area (Å²) < 4.78 is 13.2. The Balaban J connectivity index is 2.16. The highest BCUT2D eigenvalue weighted by Gasteiger charge is 2.07. The first kappa shape index (κ1) is 10.9. The van der Waals surface area contributed by atoms with Crippen LogP contribution in [0.5, 0.6) is 0 Å². The molecule has 0 saturated heterocycles. The molecule has 90 valence electrons. The minimum atomic E-state index is -0.205. The van der Waals surface area contributed by atoms with E-state index in [0.717, 1.165) is 16.8 Å². The Morgan fingerprint density at radius 2 is 1.89 bits per heavy atom.